The predicted octanol–water partition coefficient (Wildman–Crippen LogP) is 2.14. The van der Waals surface area contributed by atoms with E-state index in [1.165, 1.54) is 0 Å². The van der Waals surface area contributed by atoms with Crippen LogP contribution in [0.25, 0.3) is 0 Å². The molecule has 0 spiro atoms. The zero-order chi connectivity index (χ0) is 13.1. The number of carbonyl (C=O) groups is 2. The first-order chi connectivity index (χ1) is 7.94. The molecule has 0 saturated carbocycles. The summed E-state index contributed by atoms with van der Waals surface area (Å²) in [4.78, 5) is 25.1. The van der Waals surface area contributed by atoms with E-state index in [1.54, 1.807) is 6.92 Å². The van der Waals surface area contributed by atoms with E-state index in [2.05, 4.69) is 0 Å². The molecule has 1 N–H and O–H groups in total. The Morgan fingerprint density at radius 3 is 2.06 bits per heavy atom. The summed E-state index contributed by atoms with van der Waals surface area (Å²) in [7, 11) is 0. The van der Waals surface area contributed by atoms with Gasteiger partial charge in [-0.25, -0.2) is 0 Å². The van der Waals surface area contributed by atoms with E-state index in [0.29, 0.717) is 25.9 Å². The smallest absolute Gasteiger partial charge is 0.309 e. The molecule has 1 rings (SSSR count). The van der Waals surface area contributed by atoms with Crippen molar-refractivity contribution in [3.05, 3.63) is 0 Å². The zero-order valence-electron chi connectivity index (χ0n) is 11.0. The lowest BCUT2D eigenvalue weighted by atomic mass is 9.80. The summed E-state index contributed by atoms with van der Waals surface area (Å²) < 4.78 is 0. The summed E-state index contributed by atoms with van der Waals surface area (Å²) in [5.74, 6) is -0.446. The molecule has 0 aromatic rings. The first kappa shape index (κ1) is 14.0. The van der Waals surface area contributed by atoms with Gasteiger partial charge in [-0.05, 0) is 32.6 Å². The molecule has 1 amide bonds. The van der Waals surface area contributed by atoms with Gasteiger partial charge in [0.1, 0.15) is 0 Å². The molecule has 0 atom stereocenters. The Bertz CT molecular complexity index is 289. The molecular weight excluding hydrogens is 218 g/mol. The van der Waals surface area contributed by atoms with Gasteiger partial charge in [0.15, 0.2) is 0 Å². The summed E-state index contributed by atoms with van der Waals surface area (Å²) in [6, 6.07) is 0. The van der Waals surface area contributed by atoms with Gasteiger partial charge >= 0.3 is 5.97 Å². The molecule has 1 fully saturated rings. The number of piperidine rings is 1. The minimum absolute atomic E-state index is 0.101. The molecule has 0 radical (unpaired) electrons. The van der Waals surface area contributed by atoms with Crippen LogP contribution in [0.1, 0.15) is 46.5 Å². The Hall–Kier alpha value is -1.06. The first-order valence-corrected chi connectivity index (χ1v) is 6.46. The van der Waals surface area contributed by atoms with E-state index < -0.39 is 11.4 Å². The van der Waals surface area contributed by atoms with Crippen molar-refractivity contribution in [1.29, 1.82) is 0 Å². The lowest BCUT2D eigenvalue weighted by Gasteiger charge is -2.37. The molecule has 17 heavy (non-hydrogen) atoms. The Morgan fingerprint density at radius 1 is 1.24 bits per heavy atom. The number of hydrogen-bond donors (Lipinski definition) is 1. The standard InChI is InChI=1S/C13H23NO3/c1-4-10(5-2)11(15)14-8-6-13(3,7-9-14)12(16)17/h10H,4-9H2,1-3H3,(H,16,17). The van der Waals surface area contributed by atoms with Crippen molar-refractivity contribution >= 4 is 11.9 Å². The second kappa shape index (κ2) is 5.52. The van der Waals surface area contributed by atoms with E-state index >= 15 is 0 Å². The van der Waals surface area contributed by atoms with Crippen LogP contribution >= 0.6 is 0 Å². The van der Waals surface area contributed by atoms with Gasteiger partial charge in [0.2, 0.25) is 5.91 Å². The summed E-state index contributed by atoms with van der Waals surface area (Å²) in [5.41, 5.74) is -0.648. The second-order valence-electron chi connectivity index (χ2n) is 5.20. The third-order valence-corrected chi connectivity index (χ3v) is 4.03. The van der Waals surface area contributed by atoms with Gasteiger partial charge in [-0.15, -0.1) is 0 Å². The summed E-state index contributed by atoms with van der Waals surface area (Å²) in [6.07, 6.45) is 2.85. The number of carboxylic acid groups (broad SMARTS) is 1. The third-order valence-electron chi connectivity index (χ3n) is 4.03. The number of likely N-dealkylation sites (tertiary alicyclic amines) is 1. The lowest BCUT2D eigenvalue weighted by Crippen LogP contribution is -2.46. The van der Waals surface area contributed by atoms with E-state index in [1.807, 2.05) is 18.7 Å². The Balaban J connectivity index is 2.58. The van der Waals surface area contributed by atoms with Crippen LogP contribution in [-0.4, -0.2) is 35.0 Å². The molecule has 1 saturated heterocycles. The van der Waals surface area contributed by atoms with Crippen LogP contribution in [0.3, 0.4) is 0 Å². The van der Waals surface area contributed by atoms with Gasteiger partial charge in [0, 0.05) is 19.0 Å². The molecule has 0 unspecified atom stereocenters. The van der Waals surface area contributed by atoms with Gasteiger partial charge in [-0.3, -0.25) is 9.59 Å². The molecule has 98 valence electrons. The maximum Gasteiger partial charge on any atom is 0.309 e. The topological polar surface area (TPSA) is 57.6 Å². The van der Waals surface area contributed by atoms with Crippen molar-refractivity contribution < 1.29 is 14.7 Å². The van der Waals surface area contributed by atoms with Crippen molar-refractivity contribution in [1.82, 2.24) is 4.90 Å². The molecule has 4 nitrogen and oxygen atoms in total. The third kappa shape index (κ3) is 2.99. The largest absolute Gasteiger partial charge is 0.481 e. The number of carboxylic acids is 1. The fraction of sp³-hybridized carbons (Fsp3) is 0.846. The average molecular weight is 241 g/mol. The van der Waals surface area contributed by atoms with E-state index in [0.717, 1.165) is 12.8 Å². The molecule has 1 aliphatic heterocycles. The quantitative estimate of drug-likeness (QED) is 0.820. The van der Waals surface area contributed by atoms with Crippen LogP contribution in [0.2, 0.25) is 0 Å². The highest BCUT2D eigenvalue weighted by atomic mass is 16.4. The number of nitrogens with zero attached hydrogens (tertiary/aromatic N) is 1. The minimum atomic E-state index is -0.743. The Kier molecular flexibility index (Phi) is 4.54. The molecule has 0 aliphatic carbocycles. The van der Waals surface area contributed by atoms with E-state index in [9.17, 15) is 9.59 Å². The van der Waals surface area contributed by atoms with Crippen LogP contribution in [0.5, 0.6) is 0 Å². The highest BCUT2D eigenvalue weighted by Gasteiger charge is 2.38. The SMILES string of the molecule is CCC(CC)C(=O)N1CCC(C)(C(=O)O)CC1. The van der Waals surface area contributed by atoms with Crippen molar-refractivity contribution in [3.8, 4) is 0 Å². The monoisotopic (exact) mass is 241 g/mol. The fourth-order valence-electron chi connectivity index (χ4n) is 2.33. The Labute approximate surface area is 103 Å². The van der Waals surface area contributed by atoms with Gasteiger partial charge in [-0.2, -0.15) is 0 Å². The van der Waals surface area contributed by atoms with Gasteiger partial charge < -0.3 is 10.0 Å². The van der Waals surface area contributed by atoms with Crippen molar-refractivity contribution in [3.63, 3.8) is 0 Å². The van der Waals surface area contributed by atoms with Crippen molar-refractivity contribution in [2.45, 2.75) is 46.5 Å². The van der Waals surface area contributed by atoms with Crippen molar-refractivity contribution in [2.24, 2.45) is 11.3 Å². The van der Waals surface area contributed by atoms with Gasteiger partial charge in [-0.1, -0.05) is 13.8 Å². The fourth-order valence-corrected chi connectivity index (χ4v) is 2.33. The molecule has 0 aromatic heterocycles. The minimum Gasteiger partial charge on any atom is -0.481 e. The summed E-state index contributed by atoms with van der Waals surface area (Å²) in [6.45, 7) is 6.99. The summed E-state index contributed by atoms with van der Waals surface area (Å²) >= 11 is 0. The normalized spacial score (nSPS) is 19.4. The maximum atomic E-state index is 12.1. The van der Waals surface area contributed by atoms with Gasteiger partial charge in [0.05, 0.1) is 5.41 Å². The molecule has 1 heterocycles. The lowest BCUT2D eigenvalue weighted by molar-refractivity contribution is -0.153. The highest BCUT2D eigenvalue weighted by molar-refractivity contribution is 5.80. The van der Waals surface area contributed by atoms with E-state index in [4.69, 9.17) is 5.11 Å². The number of amides is 1. The zero-order valence-corrected chi connectivity index (χ0v) is 11.0. The number of aliphatic carboxylic acids is 1. The first-order valence-electron chi connectivity index (χ1n) is 6.46. The van der Waals surface area contributed by atoms with Crippen LogP contribution in [0, 0.1) is 11.3 Å². The molecule has 1 aliphatic rings. The maximum absolute atomic E-state index is 12.1. The summed E-state index contributed by atoms with van der Waals surface area (Å²) in [5, 5.41) is 9.12. The van der Waals surface area contributed by atoms with Crippen molar-refractivity contribution in [2.75, 3.05) is 13.1 Å². The second-order valence-corrected chi connectivity index (χ2v) is 5.20. The van der Waals surface area contributed by atoms with E-state index in [-0.39, 0.29) is 11.8 Å². The van der Waals surface area contributed by atoms with Crippen LogP contribution < -0.4 is 0 Å². The highest BCUT2D eigenvalue weighted by Crippen LogP contribution is 2.31. The number of rotatable bonds is 4. The van der Waals surface area contributed by atoms with Crippen LogP contribution in [0.4, 0.5) is 0 Å². The van der Waals surface area contributed by atoms with Crippen LogP contribution in [-0.2, 0) is 9.59 Å². The molecule has 4 heteroatoms. The predicted molar refractivity (Wildman–Crippen MR) is 65.6 cm³/mol. The molecule has 0 bridgehead atoms. The number of hydrogen-bond acceptors (Lipinski definition) is 2. The average Bonchev–Trinajstić information content (AvgIpc) is 2.31. The number of carbonyl (C=O) groups excluding carboxylic acids is 1. The van der Waals surface area contributed by atoms with Gasteiger partial charge in [0.25, 0.3) is 0 Å². The Morgan fingerprint density at radius 2 is 1.71 bits per heavy atom. The van der Waals surface area contributed by atoms with Crippen LogP contribution in [0.15, 0.2) is 0 Å². The molecular formula is C13H23NO3. The molecule has 0 aromatic carbocycles.